The molecule has 0 bridgehead atoms. The second-order valence-electron chi connectivity index (χ2n) is 6.99. The highest BCUT2D eigenvalue weighted by Crippen LogP contribution is 2.33. The number of aromatic nitrogens is 3. The van der Waals surface area contributed by atoms with Gasteiger partial charge in [-0.2, -0.15) is 0 Å². The lowest BCUT2D eigenvalue weighted by Crippen LogP contribution is -1.95. The van der Waals surface area contributed by atoms with Crippen LogP contribution in [-0.4, -0.2) is 28.6 Å². The number of hydrogen-bond donors (Lipinski definition) is 0. The van der Waals surface area contributed by atoms with Crippen LogP contribution in [0.3, 0.4) is 0 Å². The molecule has 2 heterocycles. The highest BCUT2D eigenvalue weighted by molar-refractivity contribution is 5.69. The number of ether oxygens (including phenoxy) is 2. The molecule has 142 valence electrons. The fourth-order valence-corrected chi connectivity index (χ4v) is 3.30. The minimum Gasteiger partial charge on any atom is -0.493 e. The van der Waals surface area contributed by atoms with Crippen LogP contribution in [0.25, 0.3) is 28.2 Å². The normalized spacial score (nSPS) is 11.2. The lowest BCUT2D eigenvalue weighted by molar-refractivity contribution is 0.355. The number of nitrogens with zero attached hydrogens (tertiary/aromatic N) is 3. The van der Waals surface area contributed by atoms with Gasteiger partial charge in [0.05, 0.1) is 38.0 Å². The van der Waals surface area contributed by atoms with E-state index in [1.54, 1.807) is 14.2 Å². The molecule has 0 unspecified atom stereocenters. The zero-order valence-corrected chi connectivity index (χ0v) is 16.5. The number of hydrogen-bond acceptors (Lipinski definition) is 4. The predicted octanol–water partition coefficient (Wildman–Crippen LogP) is 5.20. The predicted molar refractivity (Wildman–Crippen MR) is 111 cm³/mol. The van der Waals surface area contributed by atoms with Gasteiger partial charge in [0.1, 0.15) is 0 Å². The summed E-state index contributed by atoms with van der Waals surface area (Å²) in [5, 5.41) is 0. The topological polar surface area (TPSA) is 48.7 Å². The Bertz CT molecular complexity index is 1130. The van der Waals surface area contributed by atoms with Crippen molar-refractivity contribution in [1.29, 1.82) is 0 Å². The summed E-state index contributed by atoms with van der Waals surface area (Å²) in [5.74, 6) is 1.86. The number of rotatable bonds is 5. The fraction of sp³-hybridized carbons (Fsp3) is 0.217. The monoisotopic (exact) mass is 373 g/mol. The van der Waals surface area contributed by atoms with Gasteiger partial charge >= 0.3 is 0 Å². The first-order valence-corrected chi connectivity index (χ1v) is 9.26. The summed E-state index contributed by atoms with van der Waals surface area (Å²) in [6.07, 6.45) is 5.70. The van der Waals surface area contributed by atoms with Gasteiger partial charge in [-0.1, -0.05) is 32.0 Å². The van der Waals surface area contributed by atoms with Crippen LogP contribution >= 0.6 is 0 Å². The molecular weight excluding hydrogens is 350 g/mol. The second kappa shape index (κ2) is 7.35. The van der Waals surface area contributed by atoms with Crippen LogP contribution in [0, 0.1) is 0 Å². The van der Waals surface area contributed by atoms with Crippen LogP contribution in [0.15, 0.2) is 61.1 Å². The molecule has 2 aromatic heterocycles. The SMILES string of the molecule is COc1ccc(-c2cnc3cnc(-c4cccc(C(C)C)c4)cn23)cc1OC. The molecule has 5 nitrogen and oxygen atoms in total. The molecular formula is C23H23N3O2. The van der Waals surface area contributed by atoms with Gasteiger partial charge in [0.2, 0.25) is 0 Å². The molecule has 28 heavy (non-hydrogen) atoms. The van der Waals surface area contributed by atoms with E-state index in [-0.39, 0.29) is 0 Å². The van der Waals surface area contributed by atoms with E-state index < -0.39 is 0 Å². The molecule has 0 radical (unpaired) electrons. The molecule has 5 heteroatoms. The number of benzene rings is 2. The maximum Gasteiger partial charge on any atom is 0.161 e. The van der Waals surface area contributed by atoms with E-state index in [9.17, 15) is 0 Å². The van der Waals surface area contributed by atoms with Gasteiger partial charge in [0, 0.05) is 17.3 Å². The Hall–Kier alpha value is -3.34. The maximum atomic E-state index is 5.45. The van der Waals surface area contributed by atoms with Gasteiger partial charge in [0.15, 0.2) is 17.1 Å². The van der Waals surface area contributed by atoms with Crippen molar-refractivity contribution in [3.63, 3.8) is 0 Å². The Morgan fingerprint density at radius 2 is 1.68 bits per heavy atom. The third kappa shape index (κ3) is 3.20. The average molecular weight is 373 g/mol. The highest BCUT2D eigenvalue weighted by Gasteiger charge is 2.12. The molecule has 0 amide bonds. The van der Waals surface area contributed by atoms with E-state index in [0.717, 1.165) is 28.2 Å². The number of imidazole rings is 1. The lowest BCUT2D eigenvalue weighted by atomic mass is 10.00. The van der Waals surface area contributed by atoms with Gasteiger partial charge in [-0.25, -0.2) is 4.98 Å². The van der Waals surface area contributed by atoms with Crippen molar-refractivity contribution in [3.05, 3.63) is 66.6 Å². The molecule has 0 spiro atoms. The van der Waals surface area contributed by atoms with Crippen molar-refractivity contribution < 1.29 is 9.47 Å². The molecule has 0 saturated heterocycles. The van der Waals surface area contributed by atoms with Crippen LogP contribution < -0.4 is 9.47 Å². The summed E-state index contributed by atoms with van der Waals surface area (Å²) in [6.45, 7) is 4.39. The standard InChI is InChI=1S/C23H23N3O2/c1-15(2)16-6-5-7-17(10-16)19-14-26-20(12-25-23(26)13-24-19)18-8-9-21(27-3)22(11-18)28-4/h5-15H,1-4H3. The zero-order valence-electron chi connectivity index (χ0n) is 16.5. The second-order valence-corrected chi connectivity index (χ2v) is 6.99. The van der Waals surface area contributed by atoms with Crippen molar-refractivity contribution in [2.75, 3.05) is 14.2 Å². The molecule has 0 aliphatic heterocycles. The summed E-state index contributed by atoms with van der Waals surface area (Å²) in [4.78, 5) is 9.12. The van der Waals surface area contributed by atoms with Crippen LogP contribution in [0.5, 0.6) is 11.5 Å². The lowest BCUT2D eigenvalue weighted by Gasteiger charge is -2.10. The molecule has 2 aromatic carbocycles. The van der Waals surface area contributed by atoms with E-state index in [1.807, 2.05) is 36.8 Å². The number of methoxy groups -OCH3 is 2. The Kier molecular flexibility index (Phi) is 4.74. The fourth-order valence-electron chi connectivity index (χ4n) is 3.30. The van der Waals surface area contributed by atoms with Gasteiger partial charge < -0.3 is 9.47 Å². The van der Waals surface area contributed by atoms with E-state index in [2.05, 4.69) is 52.5 Å². The number of fused-ring (bicyclic) bond motifs is 1. The minimum atomic E-state index is 0.472. The molecule has 0 aliphatic carbocycles. The molecule has 0 N–H and O–H groups in total. The van der Waals surface area contributed by atoms with Crippen molar-refractivity contribution in [1.82, 2.24) is 14.4 Å². The summed E-state index contributed by atoms with van der Waals surface area (Å²) in [7, 11) is 3.27. The Morgan fingerprint density at radius 3 is 2.43 bits per heavy atom. The van der Waals surface area contributed by atoms with Gasteiger partial charge in [-0.05, 0) is 35.7 Å². The third-order valence-electron chi connectivity index (χ3n) is 4.92. The van der Waals surface area contributed by atoms with Crippen molar-refractivity contribution in [2.24, 2.45) is 0 Å². The third-order valence-corrected chi connectivity index (χ3v) is 4.92. The van der Waals surface area contributed by atoms with E-state index in [4.69, 9.17) is 9.47 Å². The van der Waals surface area contributed by atoms with Gasteiger partial charge in [-0.3, -0.25) is 9.38 Å². The average Bonchev–Trinajstić information content (AvgIpc) is 3.16. The summed E-state index contributed by atoms with van der Waals surface area (Å²) < 4.78 is 12.9. The van der Waals surface area contributed by atoms with E-state index in [1.165, 1.54) is 5.56 Å². The van der Waals surface area contributed by atoms with Crippen molar-refractivity contribution >= 4 is 5.65 Å². The van der Waals surface area contributed by atoms with Crippen LogP contribution in [0.4, 0.5) is 0 Å². The highest BCUT2D eigenvalue weighted by atomic mass is 16.5. The maximum absolute atomic E-state index is 5.45. The van der Waals surface area contributed by atoms with Crippen LogP contribution in [0.1, 0.15) is 25.3 Å². The van der Waals surface area contributed by atoms with Crippen molar-refractivity contribution in [3.8, 4) is 34.0 Å². The van der Waals surface area contributed by atoms with Gasteiger partial charge in [0.25, 0.3) is 0 Å². The van der Waals surface area contributed by atoms with E-state index >= 15 is 0 Å². The quantitative estimate of drug-likeness (QED) is 0.482. The summed E-state index contributed by atoms with van der Waals surface area (Å²) in [5.41, 5.74) is 6.08. The first kappa shape index (κ1) is 18.0. The largest absolute Gasteiger partial charge is 0.493 e. The summed E-state index contributed by atoms with van der Waals surface area (Å²) in [6, 6.07) is 14.4. The van der Waals surface area contributed by atoms with Crippen LogP contribution in [-0.2, 0) is 0 Å². The van der Waals surface area contributed by atoms with Gasteiger partial charge in [-0.15, -0.1) is 0 Å². The summed E-state index contributed by atoms with van der Waals surface area (Å²) >= 11 is 0. The van der Waals surface area contributed by atoms with Crippen LogP contribution in [0.2, 0.25) is 0 Å². The molecule has 4 rings (SSSR count). The first-order chi connectivity index (χ1) is 13.6. The minimum absolute atomic E-state index is 0.472. The smallest absolute Gasteiger partial charge is 0.161 e. The molecule has 0 saturated carbocycles. The van der Waals surface area contributed by atoms with Crippen molar-refractivity contribution in [2.45, 2.75) is 19.8 Å². The van der Waals surface area contributed by atoms with E-state index in [0.29, 0.717) is 17.4 Å². The Labute approximate surface area is 164 Å². The zero-order chi connectivity index (χ0) is 19.7. The molecule has 0 fully saturated rings. The first-order valence-electron chi connectivity index (χ1n) is 9.26. The Morgan fingerprint density at radius 1 is 0.857 bits per heavy atom. The molecule has 4 aromatic rings. The molecule has 0 atom stereocenters. The Balaban J connectivity index is 1.82. The molecule has 0 aliphatic rings.